The molecule has 0 unspecified atom stereocenters. The summed E-state index contributed by atoms with van der Waals surface area (Å²) in [5.41, 5.74) is 5.39. The van der Waals surface area contributed by atoms with Gasteiger partial charge in [-0.05, 0) is 22.6 Å². The Morgan fingerprint density at radius 2 is 2.19 bits per heavy atom. The topological polar surface area (TPSA) is 147 Å². The highest BCUT2D eigenvalue weighted by atomic mass is 127. The zero-order chi connectivity index (χ0) is 15.3. The van der Waals surface area contributed by atoms with Crippen LogP contribution in [0.2, 0.25) is 0 Å². The number of nitrogens with zero attached hydrogens (tertiary/aromatic N) is 2. The number of nitrogen functional groups attached to an aromatic ring is 1. The van der Waals surface area contributed by atoms with Crippen molar-refractivity contribution in [2.24, 2.45) is 0 Å². The molecule has 10 heteroatoms. The van der Waals surface area contributed by atoms with Crippen molar-refractivity contribution in [3.05, 3.63) is 20.1 Å². The average Bonchev–Trinajstić information content (AvgIpc) is 2.89. The van der Waals surface area contributed by atoms with Crippen LogP contribution in [0, 0.1) is 3.57 Å². The molecule has 0 bridgehead atoms. The van der Waals surface area contributed by atoms with Gasteiger partial charge < -0.3 is 30.4 Å². The molecule has 2 aromatic heterocycles. The van der Waals surface area contributed by atoms with Gasteiger partial charge in [0.15, 0.2) is 11.9 Å². The summed E-state index contributed by atoms with van der Waals surface area (Å²) in [6, 6.07) is 0. The third-order valence-electron chi connectivity index (χ3n) is 3.45. The lowest BCUT2D eigenvalue weighted by Crippen LogP contribution is -2.33. The van der Waals surface area contributed by atoms with Gasteiger partial charge in [0.25, 0.3) is 5.56 Å². The van der Waals surface area contributed by atoms with Crippen LogP contribution in [0.5, 0.6) is 0 Å². The summed E-state index contributed by atoms with van der Waals surface area (Å²) in [6.45, 7) is -0.429. The minimum Gasteiger partial charge on any atom is -0.394 e. The Labute approximate surface area is 131 Å². The smallest absolute Gasteiger partial charge is 0.262 e. The van der Waals surface area contributed by atoms with Gasteiger partial charge in [0.2, 0.25) is 5.95 Å². The number of aromatic nitrogens is 3. The number of hydrogen-bond donors (Lipinski definition) is 5. The number of anilines is 1. The van der Waals surface area contributed by atoms with Gasteiger partial charge in [-0.25, -0.2) is 0 Å². The van der Waals surface area contributed by atoms with E-state index < -0.39 is 36.7 Å². The summed E-state index contributed by atoms with van der Waals surface area (Å²) < 4.78 is 7.48. The number of fused-ring (bicyclic) bond motifs is 1. The summed E-state index contributed by atoms with van der Waals surface area (Å²) in [7, 11) is 0. The van der Waals surface area contributed by atoms with Gasteiger partial charge in [-0.2, -0.15) is 4.98 Å². The highest BCUT2D eigenvalue weighted by Gasteiger charge is 2.44. The lowest BCUT2D eigenvalue weighted by molar-refractivity contribution is -0.0509. The molecule has 0 aromatic carbocycles. The van der Waals surface area contributed by atoms with E-state index >= 15 is 0 Å². The van der Waals surface area contributed by atoms with E-state index in [1.54, 1.807) is 6.20 Å². The molecule has 0 radical (unpaired) electrons. The third kappa shape index (κ3) is 2.23. The summed E-state index contributed by atoms with van der Waals surface area (Å²) >= 11 is 1.96. The first-order valence-electron chi connectivity index (χ1n) is 6.12. The highest BCUT2D eigenvalue weighted by Crippen LogP contribution is 2.32. The maximum atomic E-state index is 11.9. The number of halogens is 1. The highest BCUT2D eigenvalue weighted by molar-refractivity contribution is 14.1. The molecule has 2 aromatic rings. The predicted molar refractivity (Wildman–Crippen MR) is 80.5 cm³/mol. The van der Waals surface area contributed by atoms with Crippen LogP contribution < -0.4 is 11.3 Å². The molecular formula is C11H13IN4O5. The lowest BCUT2D eigenvalue weighted by Gasteiger charge is -2.17. The fraction of sp³-hybridized carbons (Fsp3) is 0.455. The molecule has 9 nitrogen and oxygen atoms in total. The van der Waals surface area contributed by atoms with E-state index in [0.29, 0.717) is 8.96 Å². The molecule has 0 amide bonds. The van der Waals surface area contributed by atoms with Crippen LogP contribution >= 0.6 is 22.6 Å². The molecule has 6 N–H and O–H groups in total. The van der Waals surface area contributed by atoms with Crippen LogP contribution in [0.15, 0.2) is 11.0 Å². The Morgan fingerprint density at radius 3 is 2.81 bits per heavy atom. The fourth-order valence-electron chi connectivity index (χ4n) is 2.43. The Bertz CT molecular complexity index is 744. The number of aromatic amines is 1. The van der Waals surface area contributed by atoms with E-state index in [9.17, 15) is 15.0 Å². The number of rotatable bonds is 2. The van der Waals surface area contributed by atoms with Crippen LogP contribution in [0.1, 0.15) is 6.23 Å². The van der Waals surface area contributed by atoms with Gasteiger partial charge in [-0.1, -0.05) is 0 Å². The number of aliphatic hydroxyl groups excluding tert-OH is 3. The Hall–Kier alpha value is -1.21. The Morgan fingerprint density at radius 1 is 1.48 bits per heavy atom. The van der Waals surface area contributed by atoms with Crippen molar-refractivity contribution in [2.45, 2.75) is 24.5 Å². The number of nitrogens with one attached hydrogen (secondary N) is 1. The van der Waals surface area contributed by atoms with Gasteiger partial charge in [0.1, 0.15) is 18.3 Å². The second kappa shape index (κ2) is 5.21. The molecule has 4 atom stereocenters. The molecule has 3 heterocycles. The van der Waals surface area contributed by atoms with Crippen molar-refractivity contribution in [3.63, 3.8) is 0 Å². The van der Waals surface area contributed by atoms with E-state index in [1.165, 1.54) is 4.57 Å². The summed E-state index contributed by atoms with van der Waals surface area (Å²) in [6.07, 6.45) is -2.77. The second-order valence-electron chi connectivity index (χ2n) is 4.76. The van der Waals surface area contributed by atoms with Gasteiger partial charge >= 0.3 is 0 Å². The van der Waals surface area contributed by atoms with Crippen molar-refractivity contribution in [1.82, 2.24) is 14.5 Å². The van der Waals surface area contributed by atoms with Gasteiger partial charge in [-0.3, -0.25) is 9.78 Å². The zero-order valence-electron chi connectivity index (χ0n) is 10.6. The molecule has 21 heavy (non-hydrogen) atoms. The fourth-order valence-corrected chi connectivity index (χ4v) is 3.22. The molecule has 0 saturated carbocycles. The number of ether oxygens (including phenoxy) is 1. The SMILES string of the molecule is Nc1nc2c(c(I)cn2[C@@H]2O[C@H](CO)[C@H](O)[C@@H]2O)c(=O)[nH]1. The van der Waals surface area contributed by atoms with Gasteiger partial charge in [0.05, 0.1) is 12.0 Å². The largest absolute Gasteiger partial charge is 0.394 e. The quantitative estimate of drug-likeness (QED) is 0.381. The van der Waals surface area contributed by atoms with E-state index in [1.807, 2.05) is 22.6 Å². The van der Waals surface area contributed by atoms with Crippen LogP contribution in [-0.2, 0) is 4.74 Å². The number of hydrogen-bond acceptors (Lipinski definition) is 7. The van der Waals surface area contributed by atoms with Gasteiger partial charge in [0, 0.05) is 9.77 Å². The first-order valence-corrected chi connectivity index (χ1v) is 7.20. The maximum Gasteiger partial charge on any atom is 0.262 e. The van der Waals surface area contributed by atoms with E-state index in [-0.39, 0.29) is 11.6 Å². The van der Waals surface area contributed by atoms with Crippen LogP contribution in [0.4, 0.5) is 5.95 Å². The van der Waals surface area contributed by atoms with Crippen molar-refractivity contribution >= 4 is 39.6 Å². The average molecular weight is 408 g/mol. The minimum atomic E-state index is -1.25. The van der Waals surface area contributed by atoms with Crippen molar-refractivity contribution in [1.29, 1.82) is 0 Å². The van der Waals surface area contributed by atoms with Crippen molar-refractivity contribution in [2.75, 3.05) is 12.3 Å². The lowest BCUT2D eigenvalue weighted by atomic mass is 10.1. The number of nitrogens with two attached hydrogens (primary N) is 1. The minimum absolute atomic E-state index is 0.0602. The van der Waals surface area contributed by atoms with Crippen molar-refractivity contribution in [3.8, 4) is 0 Å². The number of H-pyrrole nitrogens is 1. The molecule has 0 spiro atoms. The molecule has 1 saturated heterocycles. The summed E-state index contributed by atoms with van der Waals surface area (Å²) in [4.78, 5) is 18.4. The molecule has 1 aliphatic heterocycles. The number of aliphatic hydroxyl groups is 3. The second-order valence-corrected chi connectivity index (χ2v) is 5.93. The molecule has 1 aliphatic rings. The molecule has 114 valence electrons. The van der Waals surface area contributed by atoms with E-state index in [4.69, 9.17) is 15.6 Å². The van der Waals surface area contributed by atoms with Crippen LogP contribution in [0.3, 0.4) is 0 Å². The Balaban J connectivity index is 2.16. The molecule has 0 aliphatic carbocycles. The Kier molecular flexibility index (Phi) is 3.65. The van der Waals surface area contributed by atoms with Crippen molar-refractivity contribution < 1.29 is 20.1 Å². The normalized spacial score (nSPS) is 29.3. The van der Waals surface area contributed by atoms with Gasteiger partial charge in [-0.15, -0.1) is 0 Å². The molecule has 3 rings (SSSR count). The van der Waals surface area contributed by atoms with Crippen LogP contribution in [-0.4, -0.2) is 54.8 Å². The monoisotopic (exact) mass is 408 g/mol. The molecular weight excluding hydrogens is 395 g/mol. The standard InChI is InChI=1S/C11H13IN4O5/c12-3-1-16(8-5(3)9(20)15-11(13)14-8)10-7(19)6(18)4(2-17)21-10/h1,4,6-7,10,17-19H,2H2,(H3,13,14,15,20)/t4-,6+,7+,10-/m1/s1. The zero-order valence-corrected chi connectivity index (χ0v) is 12.8. The summed E-state index contributed by atoms with van der Waals surface area (Å²) in [5, 5.41) is 29.3. The first kappa shape index (κ1) is 14.7. The third-order valence-corrected chi connectivity index (χ3v) is 4.26. The first-order chi connectivity index (χ1) is 9.93. The van der Waals surface area contributed by atoms with E-state index in [2.05, 4.69) is 9.97 Å². The molecule has 1 fully saturated rings. The predicted octanol–water partition coefficient (Wildman–Crippen LogP) is -1.48. The van der Waals surface area contributed by atoms with Crippen LogP contribution in [0.25, 0.3) is 11.0 Å². The van der Waals surface area contributed by atoms with E-state index in [0.717, 1.165) is 0 Å². The summed E-state index contributed by atoms with van der Waals surface area (Å²) in [5.74, 6) is -0.0602. The maximum absolute atomic E-state index is 11.9.